The molecule has 0 heterocycles. The van der Waals surface area contributed by atoms with E-state index in [1.165, 1.54) is 11.1 Å². The number of nitrogens with two attached hydrogens (primary N) is 1. The first-order valence-electron chi connectivity index (χ1n) is 6.22. The van der Waals surface area contributed by atoms with Crippen LogP contribution in [0.5, 0.6) is 11.5 Å². The van der Waals surface area contributed by atoms with E-state index in [-0.39, 0.29) is 0 Å². The van der Waals surface area contributed by atoms with Crippen LogP contribution in [0.15, 0.2) is 36.4 Å². The molecule has 100 valence electrons. The summed E-state index contributed by atoms with van der Waals surface area (Å²) in [6, 6.07) is 11.8. The summed E-state index contributed by atoms with van der Waals surface area (Å²) in [5, 5.41) is 0. The Morgan fingerprint density at radius 1 is 0.947 bits per heavy atom. The average molecular weight is 257 g/mol. The molecular weight excluding hydrogens is 238 g/mol. The molecular formula is C16H19NO2. The minimum Gasteiger partial charge on any atom is -0.493 e. The summed E-state index contributed by atoms with van der Waals surface area (Å²) in [6.45, 7) is 4.68. The van der Waals surface area contributed by atoms with E-state index in [2.05, 4.69) is 32.0 Å². The molecule has 2 aromatic carbocycles. The molecule has 3 heteroatoms. The third kappa shape index (κ3) is 3.41. The van der Waals surface area contributed by atoms with Crippen LogP contribution in [-0.2, 0) is 6.61 Å². The van der Waals surface area contributed by atoms with Crippen molar-refractivity contribution in [2.24, 2.45) is 0 Å². The minimum atomic E-state index is 0.517. The number of hydrogen-bond acceptors (Lipinski definition) is 3. The zero-order chi connectivity index (χ0) is 13.8. The second kappa shape index (κ2) is 5.65. The van der Waals surface area contributed by atoms with Crippen molar-refractivity contribution in [3.05, 3.63) is 53.1 Å². The van der Waals surface area contributed by atoms with Gasteiger partial charge in [-0.1, -0.05) is 29.3 Å². The molecule has 2 N–H and O–H groups in total. The van der Waals surface area contributed by atoms with Gasteiger partial charge in [-0.3, -0.25) is 0 Å². The van der Waals surface area contributed by atoms with E-state index in [1.807, 2.05) is 6.07 Å². The first-order chi connectivity index (χ1) is 9.08. The minimum absolute atomic E-state index is 0.517. The van der Waals surface area contributed by atoms with Crippen LogP contribution < -0.4 is 15.2 Å². The first-order valence-corrected chi connectivity index (χ1v) is 6.22. The molecule has 19 heavy (non-hydrogen) atoms. The van der Waals surface area contributed by atoms with E-state index in [4.69, 9.17) is 15.2 Å². The van der Waals surface area contributed by atoms with Gasteiger partial charge in [0.2, 0.25) is 0 Å². The van der Waals surface area contributed by atoms with Gasteiger partial charge in [-0.15, -0.1) is 0 Å². The third-order valence-electron chi connectivity index (χ3n) is 2.86. The van der Waals surface area contributed by atoms with Gasteiger partial charge in [-0.2, -0.15) is 0 Å². The summed E-state index contributed by atoms with van der Waals surface area (Å²) in [5.41, 5.74) is 10.0. The molecule has 0 saturated carbocycles. The second-order valence-corrected chi connectivity index (χ2v) is 4.69. The van der Waals surface area contributed by atoms with Crippen LogP contribution in [0.2, 0.25) is 0 Å². The molecule has 2 aromatic rings. The fourth-order valence-corrected chi connectivity index (χ4v) is 2.12. The van der Waals surface area contributed by atoms with Crippen molar-refractivity contribution in [2.45, 2.75) is 20.5 Å². The van der Waals surface area contributed by atoms with Crippen LogP contribution >= 0.6 is 0 Å². The van der Waals surface area contributed by atoms with Crippen LogP contribution in [0.25, 0.3) is 0 Å². The molecule has 0 radical (unpaired) electrons. The standard InChI is InChI=1S/C16H19NO2/c1-11-6-12(2)8-13(7-11)10-19-15-5-4-14(17)9-16(15)18-3/h4-9H,10,17H2,1-3H3. The molecule has 0 aliphatic carbocycles. The number of rotatable bonds is 4. The van der Waals surface area contributed by atoms with Crippen LogP contribution in [0, 0.1) is 13.8 Å². The lowest BCUT2D eigenvalue weighted by Gasteiger charge is -2.12. The topological polar surface area (TPSA) is 44.5 Å². The second-order valence-electron chi connectivity index (χ2n) is 4.69. The van der Waals surface area contributed by atoms with Crippen LogP contribution in [-0.4, -0.2) is 7.11 Å². The Balaban J connectivity index is 2.14. The maximum Gasteiger partial charge on any atom is 0.162 e. The number of methoxy groups -OCH3 is 1. The van der Waals surface area contributed by atoms with Crippen LogP contribution in [0.1, 0.15) is 16.7 Å². The predicted molar refractivity (Wildman–Crippen MR) is 77.7 cm³/mol. The number of benzene rings is 2. The van der Waals surface area contributed by atoms with Gasteiger partial charge in [0.05, 0.1) is 7.11 Å². The monoisotopic (exact) mass is 257 g/mol. The Labute approximate surface area is 114 Å². The van der Waals surface area contributed by atoms with Crippen LogP contribution in [0.3, 0.4) is 0 Å². The van der Waals surface area contributed by atoms with E-state index < -0.39 is 0 Å². The third-order valence-corrected chi connectivity index (χ3v) is 2.86. The fraction of sp³-hybridized carbons (Fsp3) is 0.250. The summed E-state index contributed by atoms with van der Waals surface area (Å²) in [4.78, 5) is 0. The molecule has 0 aliphatic rings. The first kappa shape index (κ1) is 13.3. The molecule has 0 aliphatic heterocycles. The number of anilines is 1. The lowest BCUT2D eigenvalue weighted by Crippen LogP contribution is -1.99. The van der Waals surface area contributed by atoms with E-state index in [0.29, 0.717) is 23.8 Å². The molecule has 0 bridgehead atoms. The van der Waals surface area contributed by atoms with Gasteiger partial charge in [0.15, 0.2) is 11.5 Å². The van der Waals surface area contributed by atoms with Crippen molar-refractivity contribution in [1.82, 2.24) is 0 Å². The summed E-state index contributed by atoms with van der Waals surface area (Å²) >= 11 is 0. The molecule has 0 fully saturated rings. The van der Waals surface area contributed by atoms with Gasteiger partial charge in [0.1, 0.15) is 6.61 Å². The zero-order valence-electron chi connectivity index (χ0n) is 11.6. The van der Waals surface area contributed by atoms with Crippen molar-refractivity contribution < 1.29 is 9.47 Å². The normalized spacial score (nSPS) is 10.3. The van der Waals surface area contributed by atoms with E-state index in [9.17, 15) is 0 Å². The van der Waals surface area contributed by atoms with Gasteiger partial charge in [0.25, 0.3) is 0 Å². The number of hydrogen-bond donors (Lipinski definition) is 1. The number of nitrogen functional groups attached to an aromatic ring is 1. The Morgan fingerprint density at radius 2 is 1.63 bits per heavy atom. The quantitative estimate of drug-likeness (QED) is 0.853. The average Bonchev–Trinajstić information content (AvgIpc) is 2.36. The highest BCUT2D eigenvalue weighted by atomic mass is 16.5. The SMILES string of the molecule is COc1cc(N)ccc1OCc1cc(C)cc(C)c1. The molecule has 2 rings (SSSR count). The molecule has 0 atom stereocenters. The Kier molecular flexibility index (Phi) is 3.95. The van der Waals surface area contributed by atoms with Crippen molar-refractivity contribution in [1.29, 1.82) is 0 Å². The highest BCUT2D eigenvalue weighted by Crippen LogP contribution is 2.29. The van der Waals surface area contributed by atoms with Gasteiger partial charge < -0.3 is 15.2 Å². The largest absolute Gasteiger partial charge is 0.493 e. The smallest absolute Gasteiger partial charge is 0.162 e. The lowest BCUT2D eigenvalue weighted by molar-refractivity contribution is 0.284. The van der Waals surface area contributed by atoms with Crippen molar-refractivity contribution >= 4 is 5.69 Å². The summed E-state index contributed by atoms with van der Waals surface area (Å²) < 4.78 is 11.1. The molecule has 0 unspecified atom stereocenters. The molecule has 0 saturated heterocycles. The van der Waals surface area contributed by atoms with Gasteiger partial charge in [-0.05, 0) is 31.5 Å². The maximum absolute atomic E-state index is 5.80. The summed E-state index contributed by atoms with van der Waals surface area (Å²) in [5.74, 6) is 1.36. The highest BCUT2D eigenvalue weighted by molar-refractivity contribution is 5.52. The van der Waals surface area contributed by atoms with Crippen molar-refractivity contribution in [3.8, 4) is 11.5 Å². The van der Waals surface area contributed by atoms with Gasteiger partial charge in [-0.25, -0.2) is 0 Å². The fourth-order valence-electron chi connectivity index (χ4n) is 2.12. The van der Waals surface area contributed by atoms with E-state index >= 15 is 0 Å². The Bertz CT molecular complexity index is 559. The van der Waals surface area contributed by atoms with Crippen LogP contribution in [0.4, 0.5) is 5.69 Å². The lowest BCUT2D eigenvalue weighted by atomic mass is 10.1. The van der Waals surface area contributed by atoms with E-state index in [0.717, 1.165) is 5.56 Å². The maximum atomic E-state index is 5.80. The number of ether oxygens (including phenoxy) is 2. The van der Waals surface area contributed by atoms with Crippen molar-refractivity contribution in [2.75, 3.05) is 12.8 Å². The van der Waals surface area contributed by atoms with Gasteiger partial charge >= 0.3 is 0 Å². The molecule has 0 spiro atoms. The Hall–Kier alpha value is -2.16. The summed E-state index contributed by atoms with van der Waals surface area (Å²) in [6.07, 6.45) is 0. The molecule has 3 nitrogen and oxygen atoms in total. The highest BCUT2D eigenvalue weighted by Gasteiger charge is 2.05. The summed E-state index contributed by atoms with van der Waals surface area (Å²) in [7, 11) is 1.61. The zero-order valence-corrected chi connectivity index (χ0v) is 11.6. The molecule has 0 aromatic heterocycles. The molecule has 0 amide bonds. The Morgan fingerprint density at radius 3 is 2.26 bits per heavy atom. The number of aryl methyl sites for hydroxylation is 2. The van der Waals surface area contributed by atoms with E-state index in [1.54, 1.807) is 19.2 Å². The van der Waals surface area contributed by atoms with Crippen molar-refractivity contribution in [3.63, 3.8) is 0 Å². The predicted octanol–water partition coefficient (Wildman–Crippen LogP) is 3.47. The van der Waals surface area contributed by atoms with Gasteiger partial charge in [0, 0.05) is 11.8 Å².